The molecule has 1 aliphatic carbocycles. The summed E-state index contributed by atoms with van der Waals surface area (Å²) in [6.45, 7) is 2.42. The molecule has 2 unspecified atom stereocenters. The van der Waals surface area contributed by atoms with Crippen molar-refractivity contribution < 1.29 is 4.79 Å². The van der Waals surface area contributed by atoms with Gasteiger partial charge in [-0.25, -0.2) is 0 Å². The molecule has 1 amide bonds. The van der Waals surface area contributed by atoms with Crippen LogP contribution in [0.15, 0.2) is 24.3 Å². The maximum Gasteiger partial charge on any atom is 0.227 e. The van der Waals surface area contributed by atoms with E-state index in [-0.39, 0.29) is 11.9 Å². The summed E-state index contributed by atoms with van der Waals surface area (Å²) in [6.07, 6.45) is 2.79. The maximum absolute atomic E-state index is 12.2. The number of nitrogens with two attached hydrogens (primary N) is 1. The molecule has 1 aromatic rings. The summed E-state index contributed by atoms with van der Waals surface area (Å²) >= 11 is 0. The molecule has 0 aromatic heterocycles. The molecule has 0 heterocycles. The van der Waals surface area contributed by atoms with Crippen LogP contribution in [-0.2, 0) is 11.3 Å². The average molecular weight is 257 g/mol. The van der Waals surface area contributed by atoms with Crippen LogP contribution in [-0.4, -0.2) is 11.9 Å². The van der Waals surface area contributed by atoms with Gasteiger partial charge in [0.1, 0.15) is 0 Å². The average Bonchev–Trinajstić information content (AvgIpc) is 2.78. The molecule has 1 saturated carbocycles. The molecule has 0 saturated heterocycles. The Hall–Kier alpha value is -1.86. The molecule has 2 atom stereocenters. The first-order valence-electron chi connectivity index (χ1n) is 6.59. The number of carbonyl (C=O) groups excluding carboxylic acids is 1. The number of nitriles is 1. The summed E-state index contributed by atoms with van der Waals surface area (Å²) in [5.74, 6) is 0.0295. The Balaban J connectivity index is 1.95. The molecular formula is C15H19N3O. The third-order valence-electron chi connectivity index (χ3n) is 4.08. The van der Waals surface area contributed by atoms with Crippen molar-refractivity contribution in [3.63, 3.8) is 0 Å². The fraction of sp³-hybridized carbons (Fsp3) is 0.467. The Bertz CT molecular complexity index is 503. The minimum atomic E-state index is -0.438. The number of carbonyl (C=O) groups is 1. The first kappa shape index (κ1) is 13.6. The van der Waals surface area contributed by atoms with E-state index in [2.05, 4.69) is 11.4 Å². The summed E-state index contributed by atoms with van der Waals surface area (Å²) < 4.78 is 0. The normalized spacial score (nSPS) is 25.8. The zero-order chi connectivity index (χ0) is 13.9. The van der Waals surface area contributed by atoms with Crippen molar-refractivity contribution >= 4 is 5.91 Å². The van der Waals surface area contributed by atoms with Gasteiger partial charge in [-0.3, -0.25) is 4.79 Å². The van der Waals surface area contributed by atoms with E-state index in [9.17, 15) is 4.79 Å². The number of amides is 1. The third kappa shape index (κ3) is 2.77. The molecule has 1 fully saturated rings. The number of nitrogens with zero attached hydrogens (tertiary/aromatic N) is 1. The van der Waals surface area contributed by atoms with Gasteiger partial charge in [0, 0.05) is 12.6 Å². The minimum absolute atomic E-state index is 0.0295. The number of hydrogen-bond acceptors (Lipinski definition) is 3. The first-order valence-corrected chi connectivity index (χ1v) is 6.59. The summed E-state index contributed by atoms with van der Waals surface area (Å²) in [5.41, 5.74) is 7.20. The van der Waals surface area contributed by atoms with Crippen LogP contribution >= 0.6 is 0 Å². The molecule has 100 valence electrons. The second-order valence-electron chi connectivity index (χ2n) is 5.41. The highest BCUT2D eigenvalue weighted by atomic mass is 16.2. The van der Waals surface area contributed by atoms with E-state index in [0.29, 0.717) is 12.1 Å². The smallest absolute Gasteiger partial charge is 0.227 e. The molecule has 4 nitrogen and oxygen atoms in total. The van der Waals surface area contributed by atoms with Gasteiger partial charge in [-0.1, -0.05) is 18.6 Å². The van der Waals surface area contributed by atoms with Gasteiger partial charge in [0.25, 0.3) is 0 Å². The zero-order valence-electron chi connectivity index (χ0n) is 11.1. The van der Waals surface area contributed by atoms with Crippen molar-refractivity contribution in [3.8, 4) is 6.07 Å². The monoisotopic (exact) mass is 257 g/mol. The van der Waals surface area contributed by atoms with Crippen LogP contribution < -0.4 is 11.1 Å². The number of benzene rings is 1. The SMILES string of the molecule is CC1(C(=O)NCc2ccc(C#N)cc2)CCCC1N. The van der Waals surface area contributed by atoms with E-state index in [4.69, 9.17) is 11.0 Å². The third-order valence-corrected chi connectivity index (χ3v) is 4.08. The predicted molar refractivity (Wildman–Crippen MR) is 72.9 cm³/mol. The highest BCUT2D eigenvalue weighted by molar-refractivity contribution is 5.83. The Kier molecular flexibility index (Phi) is 3.87. The fourth-order valence-electron chi connectivity index (χ4n) is 2.56. The second kappa shape index (κ2) is 5.41. The predicted octanol–water partition coefficient (Wildman–Crippen LogP) is 1.69. The van der Waals surface area contributed by atoms with E-state index in [1.165, 1.54) is 0 Å². The minimum Gasteiger partial charge on any atom is -0.352 e. The van der Waals surface area contributed by atoms with Gasteiger partial charge in [-0.2, -0.15) is 5.26 Å². The van der Waals surface area contributed by atoms with Crippen molar-refractivity contribution in [1.82, 2.24) is 5.32 Å². The topological polar surface area (TPSA) is 78.9 Å². The molecule has 0 spiro atoms. The van der Waals surface area contributed by atoms with Crippen LogP contribution in [0.25, 0.3) is 0 Å². The molecule has 1 aliphatic rings. The summed E-state index contributed by atoms with van der Waals surface area (Å²) in [4.78, 5) is 12.2. The Labute approximate surface area is 113 Å². The summed E-state index contributed by atoms with van der Waals surface area (Å²) in [6, 6.07) is 9.25. The van der Waals surface area contributed by atoms with Crippen LogP contribution in [0.4, 0.5) is 0 Å². The van der Waals surface area contributed by atoms with Gasteiger partial charge in [0.2, 0.25) is 5.91 Å². The van der Waals surface area contributed by atoms with Crippen LogP contribution in [0, 0.1) is 16.7 Å². The van der Waals surface area contributed by atoms with Crippen LogP contribution in [0.2, 0.25) is 0 Å². The highest BCUT2D eigenvalue weighted by Gasteiger charge is 2.42. The molecule has 0 radical (unpaired) electrons. The standard InChI is InChI=1S/C15H19N3O/c1-15(8-2-3-13(15)17)14(19)18-10-12-6-4-11(9-16)5-7-12/h4-7,13H,2-3,8,10,17H2,1H3,(H,18,19). The Morgan fingerprint density at radius 3 is 2.74 bits per heavy atom. The van der Waals surface area contributed by atoms with Gasteiger partial charge in [-0.15, -0.1) is 0 Å². The molecular weight excluding hydrogens is 238 g/mol. The molecule has 3 N–H and O–H groups in total. The molecule has 4 heteroatoms. The lowest BCUT2D eigenvalue weighted by molar-refractivity contribution is -0.130. The fourth-order valence-corrected chi connectivity index (χ4v) is 2.56. The van der Waals surface area contributed by atoms with E-state index in [0.717, 1.165) is 24.8 Å². The van der Waals surface area contributed by atoms with Crippen molar-refractivity contribution in [1.29, 1.82) is 5.26 Å². The maximum atomic E-state index is 12.2. The van der Waals surface area contributed by atoms with Crippen LogP contribution in [0.3, 0.4) is 0 Å². The van der Waals surface area contributed by atoms with Gasteiger partial charge in [0.15, 0.2) is 0 Å². The highest BCUT2D eigenvalue weighted by Crippen LogP contribution is 2.36. The lowest BCUT2D eigenvalue weighted by atomic mass is 9.84. The van der Waals surface area contributed by atoms with Crippen molar-refractivity contribution in [3.05, 3.63) is 35.4 Å². The van der Waals surface area contributed by atoms with Crippen molar-refractivity contribution in [2.24, 2.45) is 11.1 Å². The summed E-state index contributed by atoms with van der Waals surface area (Å²) in [5, 5.41) is 11.7. The molecule has 1 aromatic carbocycles. The number of rotatable bonds is 3. The molecule has 19 heavy (non-hydrogen) atoms. The number of hydrogen-bond donors (Lipinski definition) is 2. The quantitative estimate of drug-likeness (QED) is 0.864. The van der Waals surface area contributed by atoms with E-state index in [1.807, 2.05) is 19.1 Å². The van der Waals surface area contributed by atoms with Crippen molar-refractivity contribution in [2.45, 2.75) is 38.8 Å². The van der Waals surface area contributed by atoms with Gasteiger partial charge in [-0.05, 0) is 37.5 Å². The zero-order valence-corrected chi connectivity index (χ0v) is 11.1. The van der Waals surface area contributed by atoms with E-state index >= 15 is 0 Å². The van der Waals surface area contributed by atoms with Gasteiger partial charge in [0.05, 0.1) is 17.0 Å². The Morgan fingerprint density at radius 1 is 1.53 bits per heavy atom. The van der Waals surface area contributed by atoms with Crippen molar-refractivity contribution in [2.75, 3.05) is 0 Å². The largest absolute Gasteiger partial charge is 0.352 e. The molecule has 0 bridgehead atoms. The summed E-state index contributed by atoms with van der Waals surface area (Å²) in [7, 11) is 0. The van der Waals surface area contributed by atoms with Crippen LogP contribution in [0.1, 0.15) is 37.3 Å². The lowest BCUT2D eigenvalue weighted by Gasteiger charge is -2.27. The lowest BCUT2D eigenvalue weighted by Crippen LogP contribution is -2.47. The van der Waals surface area contributed by atoms with E-state index in [1.54, 1.807) is 12.1 Å². The van der Waals surface area contributed by atoms with Gasteiger partial charge >= 0.3 is 0 Å². The van der Waals surface area contributed by atoms with Crippen LogP contribution in [0.5, 0.6) is 0 Å². The first-order chi connectivity index (χ1) is 9.06. The Morgan fingerprint density at radius 2 is 2.21 bits per heavy atom. The second-order valence-corrected chi connectivity index (χ2v) is 5.41. The number of nitrogens with one attached hydrogen (secondary N) is 1. The van der Waals surface area contributed by atoms with E-state index < -0.39 is 5.41 Å². The molecule has 0 aliphatic heterocycles. The van der Waals surface area contributed by atoms with Gasteiger partial charge < -0.3 is 11.1 Å². The molecule has 2 rings (SSSR count).